The van der Waals surface area contributed by atoms with Gasteiger partial charge in [-0.3, -0.25) is 5.21 Å². The van der Waals surface area contributed by atoms with Crippen LogP contribution in [0.4, 0.5) is 24.8 Å². The molecule has 1 unspecified atom stereocenters. The fourth-order valence-corrected chi connectivity index (χ4v) is 2.65. The summed E-state index contributed by atoms with van der Waals surface area (Å²) in [6, 6.07) is 7.80. The van der Waals surface area contributed by atoms with E-state index in [4.69, 9.17) is 10.5 Å². The molecule has 0 radical (unpaired) electrons. The molecular weight excluding hydrogens is 431 g/mol. The third kappa shape index (κ3) is 7.77. The highest BCUT2D eigenvalue weighted by atomic mass is 19.4. The van der Waals surface area contributed by atoms with Crippen LogP contribution < -0.4 is 4.90 Å². The van der Waals surface area contributed by atoms with Crippen LogP contribution in [0.1, 0.15) is 31.9 Å². The lowest BCUT2D eigenvalue weighted by molar-refractivity contribution is -0.230. The van der Waals surface area contributed by atoms with Gasteiger partial charge in [0.05, 0.1) is 17.3 Å². The molecular formula is C24H28F3N5O. The number of aryl methyl sites for hydroxylation is 1. The fraction of sp³-hybridized carbons (Fsp3) is 0.292. The Balaban J connectivity index is 0.000000366. The minimum absolute atomic E-state index is 0.0904. The summed E-state index contributed by atoms with van der Waals surface area (Å²) >= 11 is 0. The van der Waals surface area contributed by atoms with E-state index in [1.807, 2.05) is 43.0 Å². The Hall–Kier alpha value is -3.64. The van der Waals surface area contributed by atoms with Gasteiger partial charge in [0.25, 0.3) is 0 Å². The van der Waals surface area contributed by atoms with Crippen LogP contribution in [-0.4, -0.2) is 39.0 Å². The molecule has 0 saturated carbocycles. The molecule has 9 heteroatoms. The minimum atomic E-state index is -4.46. The molecule has 0 amide bonds. The average molecular weight is 460 g/mol. The van der Waals surface area contributed by atoms with Crippen molar-refractivity contribution in [3.63, 3.8) is 0 Å². The number of hydroxylamine groups is 2. The number of pyridine rings is 2. The van der Waals surface area contributed by atoms with E-state index >= 15 is 0 Å². The lowest BCUT2D eigenvalue weighted by Crippen LogP contribution is -2.40. The number of alkyl halides is 3. The van der Waals surface area contributed by atoms with Crippen molar-refractivity contribution in [2.75, 3.05) is 11.4 Å². The van der Waals surface area contributed by atoms with E-state index in [0.717, 1.165) is 23.9 Å². The van der Waals surface area contributed by atoms with Gasteiger partial charge in [0, 0.05) is 24.5 Å². The Morgan fingerprint density at radius 3 is 2.45 bits per heavy atom. The summed E-state index contributed by atoms with van der Waals surface area (Å²) in [5.41, 5.74) is 2.06. The van der Waals surface area contributed by atoms with Crippen molar-refractivity contribution in [2.24, 2.45) is 0 Å². The topological polar surface area (TPSA) is 76.3 Å². The third-order valence-corrected chi connectivity index (χ3v) is 4.46. The van der Waals surface area contributed by atoms with Gasteiger partial charge < -0.3 is 4.90 Å². The summed E-state index contributed by atoms with van der Waals surface area (Å²) < 4.78 is 36.1. The first-order chi connectivity index (χ1) is 15.5. The number of hydrogen-bond donors (Lipinski definition) is 1. The van der Waals surface area contributed by atoms with Crippen molar-refractivity contribution < 1.29 is 18.4 Å². The molecule has 1 N–H and O–H groups in total. The zero-order valence-corrected chi connectivity index (χ0v) is 19.1. The van der Waals surface area contributed by atoms with E-state index in [1.165, 1.54) is 12.2 Å². The molecule has 2 aromatic rings. The Labute approximate surface area is 192 Å². The van der Waals surface area contributed by atoms with Crippen LogP contribution in [0.3, 0.4) is 0 Å². The van der Waals surface area contributed by atoms with Crippen molar-refractivity contribution in [3.8, 4) is 6.07 Å². The largest absolute Gasteiger partial charge is 0.410 e. The predicted octanol–water partition coefficient (Wildman–Crippen LogP) is 6.20. The normalized spacial score (nSPS) is 11.7. The first kappa shape index (κ1) is 27.4. The van der Waals surface area contributed by atoms with E-state index in [-0.39, 0.29) is 10.8 Å². The smallest absolute Gasteiger partial charge is 0.311 e. The van der Waals surface area contributed by atoms with E-state index < -0.39 is 12.2 Å². The molecule has 2 heterocycles. The van der Waals surface area contributed by atoms with Gasteiger partial charge in [-0.1, -0.05) is 25.3 Å². The van der Waals surface area contributed by atoms with Crippen molar-refractivity contribution in [1.29, 1.82) is 5.26 Å². The maximum Gasteiger partial charge on any atom is 0.410 e. The highest BCUT2D eigenvalue weighted by Crippen LogP contribution is 2.29. The Morgan fingerprint density at radius 1 is 1.30 bits per heavy atom. The molecule has 0 aromatic carbocycles. The summed E-state index contributed by atoms with van der Waals surface area (Å²) in [5, 5.41) is 18.2. The molecule has 1 atom stereocenters. The van der Waals surface area contributed by atoms with Gasteiger partial charge in [0.1, 0.15) is 17.7 Å². The Morgan fingerprint density at radius 2 is 1.97 bits per heavy atom. The molecule has 2 rings (SSSR count). The molecule has 176 valence electrons. The molecule has 0 bridgehead atoms. The number of anilines is 2. The number of nitrogens with zero attached hydrogens (tertiary/aromatic N) is 5. The van der Waals surface area contributed by atoms with Crippen LogP contribution in [-0.2, 0) is 0 Å². The summed E-state index contributed by atoms with van der Waals surface area (Å²) in [7, 11) is 0. The molecule has 0 saturated heterocycles. The highest BCUT2D eigenvalue weighted by Gasteiger charge is 2.40. The van der Waals surface area contributed by atoms with Crippen molar-refractivity contribution in [1.82, 2.24) is 15.0 Å². The van der Waals surface area contributed by atoms with Gasteiger partial charge >= 0.3 is 6.18 Å². The first-order valence-electron chi connectivity index (χ1n) is 10.1. The number of aromatic nitrogens is 2. The van der Waals surface area contributed by atoms with Crippen LogP contribution in [0.25, 0.3) is 5.57 Å². The van der Waals surface area contributed by atoms with Gasteiger partial charge in [0.15, 0.2) is 0 Å². The number of halogens is 3. The number of allylic oxidation sites excluding steroid dienone is 3. The monoisotopic (exact) mass is 459 g/mol. The number of hydrogen-bond acceptors (Lipinski definition) is 6. The molecule has 6 nitrogen and oxygen atoms in total. The SMILES string of the molecule is C=C(/C=C\C)N(O)C(C)C(F)(F)F.C=C(C#N)c1cc(C)cnc1N(CC)c1ccccn1. The third-order valence-electron chi connectivity index (χ3n) is 4.46. The average Bonchev–Trinajstić information content (AvgIpc) is 2.79. The molecule has 0 aliphatic carbocycles. The lowest BCUT2D eigenvalue weighted by Gasteiger charge is -2.26. The van der Waals surface area contributed by atoms with Gasteiger partial charge in [0.2, 0.25) is 0 Å². The van der Waals surface area contributed by atoms with E-state index in [0.29, 0.717) is 17.9 Å². The van der Waals surface area contributed by atoms with Crippen molar-refractivity contribution in [2.45, 2.75) is 39.9 Å². The van der Waals surface area contributed by atoms with Gasteiger partial charge in [-0.25, -0.2) is 15.0 Å². The van der Waals surface area contributed by atoms with Crippen LogP contribution in [0.5, 0.6) is 0 Å². The maximum atomic E-state index is 12.0. The van der Waals surface area contributed by atoms with E-state index in [9.17, 15) is 13.2 Å². The van der Waals surface area contributed by atoms with Crippen LogP contribution >= 0.6 is 0 Å². The zero-order valence-electron chi connectivity index (χ0n) is 19.1. The summed E-state index contributed by atoms with van der Waals surface area (Å²) in [6.45, 7) is 14.2. The molecule has 0 aliphatic heterocycles. The van der Waals surface area contributed by atoms with E-state index in [1.54, 1.807) is 19.3 Å². The Bertz CT molecular complexity index is 1010. The molecule has 0 fully saturated rings. The van der Waals surface area contributed by atoms with Gasteiger partial charge in [-0.05, 0) is 57.5 Å². The quantitative estimate of drug-likeness (QED) is 0.302. The van der Waals surface area contributed by atoms with Crippen molar-refractivity contribution in [3.05, 3.63) is 78.8 Å². The number of rotatable bonds is 7. The lowest BCUT2D eigenvalue weighted by atomic mass is 10.1. The van der Waals surface area contributed by atoms with Crippen LogP contribution in [0.2, 0.25) is 0 Å². The highest BCUT2D eigenvalue weighted by molar-refractivity contribution is 5.83. The van der Waals surface area contributed by atoms with Crippen molar-refractivity contribution >= 4 is 17.2 Å². The molecule has 0 aliphatic rings. The second-order valence-electron chi connectivity index (χ2n) is 6.96. The maximum absolute atomic E-state index is 12.0. The summed E-state index contributed by atoms with van der Waals surface area (Å²) in [5.74, 6) is 1.52. The first-order valence-corrected chi connectivity index (χ1v) is 10.1. The zero-order chi connectivity index (χ0) is 25.2. The van der Waals surface area contributed by atoms with Crippen LogP contribution in [0, 0.1) is 18.3 Å². The standard InChI is InChI=1S/C16H16N4.C8H12F3NO/c1-4-20(15-7-5-6-8-18-15)16-14(13(3)10-17)9-12(2)11-19-16;1-4-5-6(2)12(13)7(3)8(9,10)11/h5-9,11H,3-4H2,1-2H3;4-5,7,13H,2H2,1,3H3/b;5-4-. The molecule has 2 aromatic heterocycles. The van der Waals surface area contributed by atoms with Gasteiger partial charge in [-0.15, -0.1) is 0 Å². The summed E-state index contributed by atoms with van der Waals surface area (Å²) in [6.07, 6.45) is 1.86. The van der Waals surface area contributed by atoms with Gasteiger partial charge in [-0.2, -0.15) is 18.4 Å². The molecule has 33 heavy (non-hydrogen) atoms. The number of nitriles is 1. The summed E-state index contributed by atoms with van der Waals surface area (Å²) in [4.78, 5) is 10.8. The Kier molecular flexibility index (Phi) is 10.3. The van der Waals surface area contributed by atoms with Crippen LogP contribution in [0.15, 0.2) is 67.7 Å². The second-order valence-corrected chi connectivity index (χ2v) is 6.96. The second kappa shape index (κ2) is 12.4. The molecule has 0 spiro atoms. The predicted molar refractivity (Wildman–Crippen MR) is 124 cm³/mol. The fourth-order valence-electron chi connectivity index (χ4n) is 2.65. The van der Waals surface area contributed by atoms with E-state index in [2.05, 4.69) is 29.2 Å². The minimum Gasteiger partial charge on any atom is -0.311 e.